The summed E-state index contributed by atoms with van der Waals surface area (Å²) in [6, 6.07) is 8.56. The maximum atomic E-state index is 12.2. The number of hydrogen-bond donors (Lipinski definition) is 3. The molecule has 0 saturated heterocycles. The maximum Gasteiger partial charge on any atom is 0.251 e. The number of benzene rings is 1. The fourth-order valence-electron chi connectivity index (χ4n) is 1.81. The van der Waals surface area contributed by atoms with Gasteiger partial charge in [-0.05, 0) is 32.0 Å². The van der Waals surface area contributed by atoms with E-state index >= 15 is 0 Å². The Labute approximate surface area is 126 Å². The monoisotopic (exact) mass is 291 g/mol. The van der Waals surface area contributed by atoms with Crippen LogP contribution in [-0.2, 0) is 4.79 Å². The number of carbonyl (C=O) groups excluding carboxylic acids is 2. The minimum absolute atomic E-state index is 0.0163. The zero-order valence-corrected chi connectivity index (χ0v) is 13.1. The normalized spacial score (nSPS) is 13.6. The summed E-state index contributed by atoms with van der Waals surface area (Å²) >= 11 is 0. The summed E-state index contributed by atoms with van der Waals surface area (Å²) in [5, 5.41) is 8.71. The van der Waals surface area contributed by atoms with E-state index < -0.39 is 6.04 Å². The highest BCUT2D eigenvalue weighted by Gasteiger charge is 2.24. The lowest BCUT2D eigenvalue weighted by molar-refractivity contribution is -0.124. The van der Waals surface area contributed by atoms with E-state index in [-0.39, 0.29) is 23.8 Å². The lowest BCUT2D eigenvalue weighted by Crippen LogP contribution is -2.51. The number of nitrogens with one attached hydrogen (secondary N) is 3. The second-order valence-electron chi connectivity index (χ2n) is 5.50. The van der Waals surface area contributed by atoms with E-state index in [0.717, 1.165) is 0 Å². The Morgan fingerprint density at radius 2 is 1.71 bits per heavy atom. The van der Waals surface area contributed by atoms with Crippen molar-refractivity contribution >= 4 is 11.8 Å². The minimum Gasteiger partial charge on any atom is -0.353 e. The van der Waals surface area contributed by atoms with Gasteiger partial charge in [0, 0.05) is 18.2 Å². The highest BCUT2D eigenvalue weighted by atomic mass is 16.2. The molecule has 1 rings (SSSR count). The zero-order valence-electron chi connectivity index (χ0n) is 13.1. The van der Waals surface area contributed by atoms with Crippen molar-refractivity contribution in [1.82, 2.24) is 16.0 Å². The molecule has 0 aliphatic rings. The number of hydrogen-bond acceptors (Lipinski definition) is 3. The van der Waals surface area contributed by atoms with Crippen LogP contribution in [0.1, 0.15) is 31.1 Å². The van der Waals surface area contributed by atoms with Crippen LogP contribution in [-0.4, -0.2) is 37.5 Å². The Bertz CT molecular complexity index is 460. The van der Waals surface area contributed by atoms with Crippen LogP contribution in [0.3, 0.4) is 0 Å². The van der Waals surface area contributed by atoms with Gasteiger partial charge in [0.25, 0.3) is 5.91 Å². The van der Waals surface area contributed by atoms with Gasteiger partial charge in [-0.1, -0.05) is 32.0 Å². The average Bonchev–Trinajstić information content (AvgIpc) is 2.50. The average molecular weight is 291 g/mol. The molecule has 5 nitrogen and oxygen atoms in total. The van der Waals surface area contributed by atoms with Gasteiger partial charge in [0.05, 0.1) is 0 Å². The van der Waals surface area contributed by atoms with E-state index in [9.17, 15) is 9.59 Å². The van der Waals surface area contributed by atoms with Gasteiger partial charge >= 0.3 is 0 Å². The van der Waals surface area contributed by atoms with Gasteiger partial charge in [0.15, 0.2) is 0 Å². The Morgan fingerprint density at radius 3 is 2.24 bits per heavy atom. The molecular formula is C16H25N3O2. The third-order valence-electron chi connectivity index (χ3n) is 3.35. The van der Waals surface area contributed by atoms with Crippen LogP contribution >= 0.6 is 0 Å². The zero-order chi connectivity index (χ0) is 15.8. The Hall–Kier alpha value is -1.88. The van der Waals surface area contributed by atoms with Crippen molar-refractivity contribution in [3.8, 4) is 0 Å². The topological polar surface area (TPSA) is 70.2 Å². The smallest absolute Gasteiger partial charge is 0.251 e. The number of rotatable bonds is 7. The van der Waals surface area contributed by atoms with Crippen LogP contribution in [0.15, 0.2) is 30.3 Å². The first-order chi connectivity index (χ1) is 9.95. The van der Waals surface area contributed by atoms with E-state index in [1.807, 2.05) is 33.9 Å². The van der Waals surface area contributed by atoms with Gasteiger partial charge in [0.2, 0.25) is 5.91 Å². The highest BCUT2D eigenvalue weighted by molar-refractivity contribution is 5.97. The molecular weight excluding hydrogens is 266 g/mol. The Kier molecular flexibility index (Phi) is 6.88. The van der Waals surface area contributed by atoms with Crippen molar-refractivity contribution in [3.63, 3.8) is 0 Å². The van der Waals surface area contributed by atoms with Crippen molar-refractivity contribution in [2.24, 2.45) is 5.92 Å². The summed E-state index contributed by atoms with van der Waals surface area (Å²) in [6.07, 6.45) is 0. The lowest BCUT2D eigenvalue weighted by atomic mass is 10.0. The molecule has 2 atom stereocenters. The molecule has 0 fully saturated rings. The van der Waals surface area contributed by atoms with Crippen LogP contribution in [0.5, 0.6) is 0 Å². The minimum atomic E-state index is -0.540. The third-order valence-corrected chi connectivity index (χ3v) is 3.35. The molecule has 21 heavy (non-hydrogen) atoms. The fraction of sp³-hybridized carbons (Fsp3) is 0.500. The largest absolute Gasteiger partial charge is 0.353 e. The van der Waals surface area contributed by atoms with Crippen molar-refractivity contribution in [2.45, 2.75) is 32.9 Å². The standard InChI is InChI=1S/C16H25N3O2/c1-11(2)14(16(21)18-10-12(3)17-4)19-15(20)13-8-6-5-7-9-13/h5-9,11-12,14,17H,10H2,1-4H3,(H,18,21)(H,19,20). The lowest BCUT2D eigenvalue weighted by Gasteiger charge is -2.22. The SMILES string of the molecule is CNC(C)CNC(=O)C(NC(=O)c1ccccc1)C(C)C. The second kappa shape index (κ2) is 8.42. The number of amides is 2. The first-order valence-electron chi connectivity index (χ1n) is 7.26. The molecule has 0 bridgehead atoms. The van der Waals surface area contributed by atoms with Gasteiger partial charge < -0.3 is 16.0 Å². The van der Waals surface area contributed by atoms with E-state index in [1.165, 1.54) is 0 Å². The summed E-state index contributed by atoms with van der Waals surface area (Å²) < 4.78 is 0. The molecule has 0 aromatic heterocycles. The third kappa shape index (κ3) is 5.55. The molecule has 5 heteroatoms. The van der Waals surface area contributed by atoms with Crippen molar-refractivity contribution in [3.05, 3.63) is 35.9 Å². The summed E-state index contributed by atoms with van der Waals surface area (Å²) in [5.74, 6) is -0.370. The van der Waals surface area contributed by atoms with Crippen LogP contribution in [0, 0.1) is 5.92 Å². The van der Waals surface area contributed by atoms with Gasteiger partial charge in [-0.3, -0.25) is 9.59 Å². The van der Waals surface area contributed by atoms with Gasteiger partial charge in [0.1, 0.15) is 6.04 Å². The van der Waals surface area contributed by atoms with E-state index in [0.29, 0.717) is 12.1 Å². The predicted octanol–water partition coefficient (Wildman–Crippen LogP) is 1.17. The van der Waals surface area contributed by atoms with Gasteiger partial charge in [-0.15, -0.1) is 0 Å². The molecule has 0 heterocycles. The fourth-order valence-corrected chi connectivity index (χ4v) is 1.81. The molecule has 2 unspecified atom stereocenters. The van der Waals surface area contributed by atoms with Crippen LogP contribution < -0.4 is 16.0 Å². The summed E-state index contributed by atoms with van der Waals surface area (Å²) in [7, 11) is 1.84. The molecule has 0 saturated carbocycles. The second-order valence-corrected chi connectivity index (χ2v) is 5.50. The first kappa shape index (κ1) is 17.2. The first-order valence-corrected chi connectivity index (χ1v) is 7.26. The molecule has 3 N–H and O–H groups in total. The highest BCUT2D eigenvalue weighted by Crippen LogP contribution is 2.05. The molecule has 1 aromatic carbocycles. The van der Waals surface area contributed by atoms with Gasteiger partial charge in [-0.2, -0.15) is 0 Å². The molecule has 1 aromatic rings. The van der Waals surface area contributed by atoms with Crippen molar-refractivity contribution < 1.29 is 9.59 Å². The Balaban J connectivity index is 2.65. The molecule has 0 spiro atoms. The predicted molar refractivity (Wildman–Crippen MR) is 84.1 cm³/mol. The van der Waals surface area contributed by atoms with Gasteiger partial charge in [-0.25, -0.2) is 0 Å². The number of carbonyl (C=O) groups is 2. The van der Waals surface area contributed by atoms with Crippen LogP contribution in [0.4, 0.5) is 0 Å². The van der Waals surface area contributed by atoms with E-state index in [1.54, 1.807) is 24.3 Å². The van der Waals surface area contributed by atoms with Crippen LogP contribution in [0.25, 0.3) is 0 Å². The summed E-state index contributed by atoms with van der Waals surface area (Å²) in [4.78, 5) is 24.4. The van der Waals surface area contributed by atoms with Crippen LogP contribution in [0.2, 0.25) is 0 Å². The van der Waals surface area contributed by atoms with Crippen molar-refractivity contribution in [1.29, 1.82) is 0 Å². The number of likely N-dealkylation sites (N-methyl/N-ethyl adjacent to an activating group) is 1. The molecule has 2 amide bonds. The molecule has 0 radical (unpaired) electrons. The quantitative estimate of drug-likeness (QED) is 0.706. The van der Waals surface area contributed by atoms with E-state index in [2.05, 4.69) is 16.0 Å². The maximum absolute atomic E-state index is 12.2. The molecule has 0 aliphatic heterocycles. The van der Waals surface area contributed by atoms with E-state index in [4.69, 9.17) is 0 Å². The molecule has 0 aliphatic carbocycles. The molecule has 116 valence electrons. The Morgan fingerprint density at radius 1 is 1.10 bits per heavy atom. The summed E-state index contributed by atoms with van der Waals surface area (Å²) in [6.45, 7) is 6.33. The van der Waals surface area contributed by atoms with Crippen molar-refractivity contribution in [2.75, 3.05) is 13.6 Å². The summed E-state index contributed by atoms with van der Waals surface area (Å²) in [5.41, 5.74) is 0.555.